The van der Waals surface area contributed by atoms with Crippen molar-refractivity contribution < 1.29 is 18.7 Å². The normalized spacial score (nSPS) is 12.1. The quantitative estimate of drug-likeness (QED) is 0.872. The summed E-state index contributed by atoms with van der Waals surface area (Å²) in [6.45, 7) is 0. The molecule has 0 heterocycles. The molecule has 0 aliphatic carbocycles. The van der Waals surface area contributed by atoms with Gasteiger partial charge in [-0.3, -0.25) is 4.79 Å². The molecule has 0 radical (unpaired) electrons. The minimum Gasteiger partial charge on any atom is -0.481 e. The van der Waals surface area contributed by atoms with E-state index in [-0.39, 0.29) is 18.4 Å². The molecule has 0 aromatic heterocycles. The molecule has 2 rings (SSSR count). The van der Waals surface area contributed by atoms with Crippen molar-refractivity contribution in [1.82, 2.24) is 0 Å². The van der Waals surface area contributed by atoms with Gasteiger partial charge in [-0.15, -0.1) is 0 Å². The molecular weight excluding hydrogens is 342 g/mol. The monoisotopic (exact) mass is 354 g/mol. The number of hydrogen-bond donors (Lipinski definition) is 1. The molecule has 0 spiro atoms. The molecule has 0 amide bonds. The van der Waals surface area contributed by atoms with Crippen molar-refractivity contribution in [1.29, 1.82) is 0 Å². The second kappa shape index (κ2) is 6.80. The number of halogens is 3. The van der Waals surface area contributed by atoms with E-state index in [1.165, 1.54) is 6.07 Å². The lowest BCUT2D eigenvalue weighted by atomic mass is 9.92. The van der Waals surface area contributed by atoms with Crippen molar-refractivity contribution in [3.8, 4) is 0 Å². The summed E-state index contributed by atoms with van der Waals surface area (Å²) in [4.78, 5) is 11.3. The Morgan fingerprint density at radius 3 is 2.14 bits per heavy atom. The summed E-state index contributed by atoms with van der Waals surface area (Å²) in [6, 6.07) is 10.7. The maximum Gasteiger partial charge on any atom is 0.307 e. The molecule has 0 fully saturated rings. The highest BCUT2D eigenvalue weighted by Crippen LogP contribution is 2.21. The van der Waals surface area contributed by atoms with E-state index < -0.39 is 23.5 Å². The first-order valence-corrected chi connectivity index (χ1v) is 7.17. The van der Waals surface area contributed by atoms with Gasteiger partial charge in [-0.25, -0.2) is 8.78 Å². The number of carboxylic acids is 1. The minimum absolute atomic E-state index is 0.177. The van der Waals surface area contributed by atoms with E-state index >= 15 is 0 Å². The molecule has 0 saturated carbocycles. The van der Waals surface area contributed by atoms with Crippen LogP contribution in [0.4, 0.5) is 8.78 Å². The Balaban J connectivity index is 2.20. The van der Waals surface area contributed by atoms with Crippen LogP contribution < -0.4 is 0 Å². The Bertz CT molecular complexity index is 621. The highest BCUT2D eigenvalue weighted by atomic mass is 79.9. The third kappa shape index (κ3) is 4.11. The summed E-state index contributed by atoms with van der Waals surface area (Å²) >= 11 is 3.30. The molecule has 0 aliphatic heterocycles. The highest BCUT2D eigenvalue weighted by molar-refractivity contribution is 9.10. The van der Waals surface area contributed by atoms with Gasteiger partial charge in [-0.05, 0) is 42.7 Å². The maximum atomic E-state index is 13.6. The van der Waals surface area contributed by atoms with E-state index in [1.54, 1.807) is 24.3 Å². The topological polar surface area (TPSA) is 37.3 Å². The number of rotatable bonds is 5. The first-order chi connectivity index (χ1) is 9.97. The molecule has 5 heteroatoms. The first-order valence-electron chi connectivity index (χ1n) is 6.37. The molecule has 110 valence electrons. The predicted octanol–water partition coefficient (Wildman–Crippen LogP) is 4.21. The third-order valence-corrected chi connectivity index (χ3v) is 3.79. The molecule has 2 aromatic carbocycles. The van der Waals surface area contributed by atoms with Crippen LogP contribution in [-0.2, 0) is 17.6 Å². The van der Waals surface area contributed by atoms with Gasteiger partial charge in [-0.1, -0.05) is 34.1 Å². The summed E-state index contributed by atoms with van der Waals surface area (Å²) in [6.07, 6.45) is 0.0420. The number of benzene rings is 2. The minimum atomic E-state index is -1.07. The van der Waals surface area contributed by atoms with E-state index in [4.69, 9.17) is 0 Å². The van der Waals surface area contributed by atoms with Crippen molar-refractivity contribution in [2.75, 3.05) is 0 Å². The standard InChI is InChI=1S/C16H13BrF2O2/c17-12-6-4-10(5-7-12)8-11(16(20)21)9-13-14(18)2-1-3-15(13)19/h1-7,11H,8-9H2,(H,20,21). The SMILES string of the molecule is O=C(O)C(Cc1ccc(Br)cc1)Cc1c(F)cccc1F. The molecule has 2 aromatic rings. The smallest absolute Gasteiger partial charge is 0.307 e. The van der Waals surface area contributed by atoms with Gasteiger partial charge in [0.25, 0.3) is 0 Å². The average Bonchev–Trinajstić information content (AvgIpc) is 2.43. The third-order valence-electron chi connectivity index (χ3n) is 3.26. The Morgan fingerprint density at radius 2 is 1.62 bits per heavy atom. The fraction of sp³-hybridized carbons (Fsp3) is 0.188. The van der Waals surface area contributed by atoms with Gasteiger partial charge in [0.1, 0.15) is 11.6 Å². The molecular formula is C16H13BrF2O2. The van der Waals surface area contributed by atoms with Crippen LogP contribution in [0.25, 0.3) is 0 Å². The van der Waals surface area contributed by atoms with E-state index in [1.807, 2.05) is 0 Å². The Hall–Kier alpha value is -1.75. The lowest BCUT2D eigenvalue weighted by Gasteiger charge is -2.14. The summed E-state index contributed by atoms with van der Waals surface area (Å²) < 4.78 is 28.1. The lowest BCUT2D eigenvalue weighted by molar-refractivity contribution is -0.141. The predicted molar refractivity (Wildman–Crippen MR) is 79.0 cm³/mol. The molecule has 0 saturated heterocycles. The van der Waals surface area contributed by atoms with Crippen LogP contribution in [0, 0.1) is 17.6 Å². The number of carbonyl (C=O) groups is 1. The number of carboxylic acid groups (broad SMARTS) is 1. The Morgan fingerprint density at radius 1 is 1.05 bits per heavy atom. The molecule has 0 aliphatic rings. The van der Waals surface area contributed by atoms with Crippen LogP contribution in [0.3, 0.4) is 0 Å². The zero-order valence-corrected chi connectivity index (χ0v) is 12.6. The van der Waals surface area contributed by atoms with Crippen molar-refractivity contribution in [3.05, 3.63) is 69.7 Å². The Labute approximate surface area is 129 Å². The van der Waals surface area contributed by atoms with Crippen molar-refractivity contribution in [3.63, 3.8) is 0 Å². The second-order valence-corrected chi connectivity index (χ2v) is 5.69. The van der Waals surface area contributed by atoms with Crippen LogP contribution in [-0.4, -0.2) is 11.1 Å². The van der Waals surface area contributed by atoms with E-state index in [0.29, 0.717) is 0 Å². The van der Waals surface area contributed by atoms with Crippen LogP contribution in [0.5, 0.6) is 0 Å². The molecule has 0 bridgehead atoms. The number of hydrogen-bond acceptors (Lipinski definition) is 1. The van der Waals surface area contributed by atoms with Crippen molar-refractivity contribution in [2.24, 2.45) is 5.92 Å². The van der Waals surface area contributed by atoms with Gasteiger partial charge in [0.15, 0.2) is 0 Å². The van der Waals surface area contributed by atoms with Gasteiger partial charge >= 0.3 is 5.97 Å². The molecule has 1 unspecified atom stereocenters. The van der Waals surface area contributed by atoms with Gasteiger partial charge in [-0.2, -0.15) is 0 Å². The molecule has 21 heavy (non-hydrogen) atoms. The average molecular weight is 355 g/mol. The van der Waals surface area contributed by atoms with Crippen LogP contribution in [0.1, 0.15) is 11.1 Å². The van der Waals surface area contributed by atoms with Gasteiger partial charge in [0.05, 0.1) is 5.92 Å². The van der Waals surface area contributed by atoms with Gasteiger partial charge in [0.2, 0.25) is 0 Å². The zero-order chi connectivity index (χ0) is 15.4. The molecule has 1 atom stereocenters. The van der Waals surface area contributed by atoms with Crippen LogP contribution in [0.2, 0.25) is 0 Å². The second-order valence-electron chi connectivity index (χ2n) is 4.77. The van der Waals surface area contributed by atoms with Crippen LogP contribution >= 0.6 is 15.9 Å². The largest absolute Gasteiger partial charge is 0.481 e. The van der Waals surface area contributed by atoms with Crippen molar-refractivity contribution in [2.45, 2.75) is 12.8 Å². The van der Waals surface area contributed by atoms with Crippen LogP contribution in [0.15, 0.2) is 46.9 Å². The summed E-state index contributed by atoms with van der Waals surface area (Å²) in [7, 11) is 0. The highest BCUT2D eigenvalue weighted by Gasteiger charge is 2.22. The zero-order valence-electron chi connectivity index (χ0n) is 11.0. The van der Waals surface area contributed by atoms with Gasteiger partial charge in [0, 0.05) is 10.0 Å². The Kier molecular flexibility index (Phi) is 5.07. The summed E-state index contributed by atoms with van der Waals surface area (Å²) in [5, 5.41) is 9.28. The summed E-state index contributed by atoms with van der Waals surface area (Å²) in [5.41, 5.74) is 0.629. The maximum absolute atomic E-state index is 13.6. The van der Waals surface area contributed by atoms with Crippen molar-refractivity contribution >= 4 is 21.9 Å². The van der Waals surface area contributed by atoms with Gasteiger partial charge < -0.3 is 5.11 Å². The molecule has 2 nitrogen and oxygen atoms in total. The van der Waals surface area contributed by atoms with E-state index in [9.17, 15) is 18.7 Å². The first kappa shape index (κ1) is 15.6. The van der Waals surface area contributed by atoms with E-state index in [0.717, 1.165) is 22.2 Å². The fourth-order valence-electron chi connectivity index (χ4n) is 2.13. The number of aliphatic carboxylic acids is 1. The summed E-state index contributed by atoms with van der Waals surface area (Å²) in [5.74, 6) is -3.37. The fourth-order valence-corrected chi connectivity index (χ4v) is 2.39. The van der Waals surface area contributed by atoms with E-state index in [2.05, 4.69) is 15.9 Å². The molecule has 1 N–H and O–H groups in total. The lowest BCUT2D eigenvalue weighted by Crippen LogP contribution is -2.20.